The molecule has 0 N–H and O–H groups in total. The highest BCUT2D eigenvalue weighted by atomic mass is 16.5. The van der Waals surface area contributed by atoms with Crippen LogP contribution in [0.4, 0.5) is 0 Å². The van der Waals surface area contributed by atoms with Crippen molar-refractivity contribution in [3.63, 3.8) is 0 Å². The third kappa shape index (κ3) is 5.01. The Bertz CT molecular complexity index is 809. The molecule has 2 aliphatic rings. The van der Waals surface area contributed by atoms with E-state index in [1.165, 1.54) is 36.0 Å². The zero-order valence-electron chi connectivity index (χ0n) is 17.6. The molecule has 0 spiro atoms. The molecule has 2 aromatic carbocycles. The summed E-state index contributed by atoms with van der Waals surface area (Å²) in [6.45, 7) is 3.74. The molecular formula is C26H33NO2. The third-order valence-corrected chi connectivity index (χ3v) is 6.54. The van der Waals surface area contributed by atoms with Crippen molar-refractivity contribution in [1.82, 2.24) is 4.90 Å². The van der Waals surface area contributed by atoms with E-state index in [0.29, 0.717) is 12.3 Å². The second kappa shape index (κ2) is 9.47. The van der Waals surface area contributed by atoms with Crippen molar-refractivity contribution in [1.29, 1.82) is 0 Å². The molecule has 154 valence electrons. The fourth-order valence-electron chi connectivity index (χ4n) is 4.76. The molecule has 4 rings (SSSR count). The van der Waals surface area contributed by atoms with Crippen LogP contribution in [0.25, 0.3) is 0 Å². The molecule has 0 radical (unpaired) electrons. The van der Waals surface area contributed by atoms with Crippen LogP contribution in [0.2, 0.25) is 0 Å². The first-order valence-electron chi connectivity index (χ1n) is 11.3. The molecule has 2 aromatic rings. The smallest absolute Gasteiger partial charge is 0.263 e. The molecule has 0 aromatic heterocycles. The number of rotatable bonds is 6. The molecule has 0 bridgehead atoms. The molecule has 0 saturated carbocycles. The van der Waals surface area contributed by atoms with Crippen LogP contribution in [-0.2, 0) is 24.1 Å². The molecule has 3 nitrogen and oxygen atoms in total. The van der Waals surface area contributed by atoms with Crippen molar-refractivity contribution >= 4 is 5.91 Å². The predicted octanol–water partition coefficient (Wildman–Crippen LogP) is 5.20. The summed E-state index contributed by atoms with van der Waals surface area (Å²) in [7, 11) is 0. The lowest BCUT2D eigenvalue weighted by Gasteiger charge is -2.34. The Labute approximate surface area is 175 Å². The fourth-order valence-corrected chi connectivity index (χ4v) is 4.76. The second-order valence-electron chi connectivity index (χ2n) is 8.61. The van der Waals surface area contributed by atoms with Crippen LogP contribution in [-0.4, -0.2) is 30.0 Å². The number of ether oxygens (including phenoxy) is 1. The summed E-state index contributed by atoms with van der Waals surface area (Å²) in [5, 5.41) is 0. The maximum atomic E-state index is 13.1. The van der Waals surface area contributed by atoms with Crippen molar-refractivity contribution in [2.24, 2.45) is 5.92 Å². The lowest BCUT2D eigenvalue weighted by atomic mass is 9.90. The Kier molecular flexibility index (Phi) is 6.53. The van der Waals surface area contributed by atoms with E-state index in [2.05, 4.69) is 42.5 Å². The van der Waals surface area contributed by atoms with Crippen LogP contribution in [0.15, 0.2) is 48.5 Å². The normalized spacial score (nSPS) is 18.2. The van der Waals surface area contributed by atoms with Crippen LogP contribution in [0.1, 0.15) is 55.7 Å². The van der Waals surface area contributed by atoms with Gasteiger partial charge >= 0.3 is 0 Å². The standard InChI is InChI=1S/C26H33NO2/c1-2-25(29-24-13-12-22-10-6-7-11-23(22)19-24)26(28)27-16-14-21(15-17-27)18-20-8-4-3-5-9-20/h3-5,8-9,12-13,19,21,25H,2,6-7,10-11,14-18H2,1H3/t25-/m1/s1. The van der Waals surface area contributed by atoms with E-state index in [4.69, 9.17) is 4.74 Å². The van der Waals surface area contributed by atoms with E-state index in [9.17, 15) is 4.79 Å². The van der Waals surface area contributed by atoms with Crippen molar-refractivity contribution in [3.05, 3.63) is 65.2 Å². The number of piperidine rings is 1. The summed E-state index contributed by atoms with van der Waals surface area (Å²) in [6.07, 6.45) is 8.45. The van der Waals surface area contributed by atoms with Gasteiger partial charge in [-0.1, -0.05) is 43.3 Å². The molecule has 1 fully saturated rings. The Hall–Kier alpha value is -2.29. The number of nitrogens with zero attached hydrogens (tertiary/aromatic N) is 1. The van der Waals surface area contributed by atoms with Crippen LogP contribution in [0, 0.1) is 5.92 Å². The average Bonchev–Trinajstić information content (AvgIpc) is 2.78. The summed E-state index contributed by atoms with van der Waals surface area (Å²) in [4.78, 5) is 15.1. The van der Waals surface area contributed by atoms with Gasteiger partial charge in [0.25, 0.3) is 5.91 Å². The topological polar surface area (TPSA) is 29.5 Å². The Balaban J connectivity index is 1.32. The molecule has 1 saturated heterocycles. The molecule has 1 heterocycles. The zero-order chi connectivity index (χ0) is 20.1. The van der Waals surface area contributed by atoms with Gasteiger partial charge < -0.3 is 9.64 Å². The summed E-state index contributed by atoms with van der Waals surface area (Å²) in [5.41, 5.74) is 4.25. The quantitative estimate of drug-likeness (QED) is 0.677. The van der Waals surface area contributed by atoms with E-state index >= 15 is 0 Å². The van der Waals surface area contributed by atoms with E-state index in [1.807, 2.05) is 17.9 Å². The van der Waals surface area contributed by atoms with Gasteiger partial charge in [-0.25, -0.2) is 0 Å². The van der Waals surface area contributed by atoms with Crippen LogP contribution in [0.5, 0.6) is 5.75 Å². The fraction of sp³-hybridized carbons (Fsp3) is 0.500. The molecule has 0 unspecified atom stereocenters. The number of benzene rings is 2. The van der Waals surface area contributed by atoms with Crippen molar-refractivity contribution in [2.45, 2.75) is 64.4 Å². The highest BCUT2D eigenvalue weighted by Crippen LogP contribution is 2.27. The highest BCUT2D eigenvalue weighted by Gasteiger charge is 2.29. The molecule has 1 aliphatic heterocycles. The Morgan fingerprint density at radius 2 is 1.76 bits per heavy atom. The maximum absolute atomic E-state index is 13.1. The average molecular weight is 392 g/mol. The second-order valence-corrected chi connectivity index (χ2v) is 8.61. The van der Waals surface area contributed by atoms with E-state index in [-0.39, 0.29) is 12.0 Å². The van der Waals surface area contributed by atoms with E-state index in [1.54, 1.807) is 0 Å². The SMILES string of the molecule is CC[C@@H](Oc1ccc2c(c1)CCCC2)C(=O)N1CCC(Cc2ccccc2)CC1. The number of likely N-dealkylation sites (tertiary alicyclic amines) is 1. The molecule has 1 aliphatic carbocycles. The van der Waals surface area contributed by atoms with Gasteiger partial charge in [0.05, 0.1) is 0 Å². The molecular weight excluding hydrogens is 358 g/mol. The van der Waals surface area contributed by atoms with Crippen LogP contribution >= 0.6 is 0 Å². The minimum absolute atomic E-state index is 0.156. The van der Waals surface area contributed by atoms with Gasteiger partial charge in [-0.15, -0.1) is 0 Å². The number of carbonyl (C=O) groups is 1. The van der Waals surface area contributed by atoms with Gasteiger partial charge in [-0.05, 0) is 86.1 Å². The van der Waals surface area contributed by atoms with Gasteiger partial charge in [0.1, 0.15) is 5.75 Å². The Morgan fingerprint density at radius 3 is 2.48 bits per heavy atom. The van der Waals surface area contributed by atoms with Crippen LogP contribution < -0.4 is 4.74 Å². The molecule has 1 amide bonds. The van der Waals surface area contributed by atoms with E-state index in [0.717, 1.165) is 44.5 Å². The maximum Gasteiger partial charge on any atom is 0.263 e. The van der Waals surface area contributed by atoms with E-state index < -0.39 is 0 Å². The minimum Gasteiger partial charge on any atom is -0.481 e. The van der Waals surface area contributed by atoms with Crippen molar-refractivity contribution in [2.75, 3.05) is 13.1 Å². The molecule has 3 heteroatoms. The molecule has 1 atom stereocenters. The van der Waals surface area contributed by atoms with Crippen molar-refractivity contribution < 1.29 is 9.53 Å². The molecule has 29 heavy (non-hydrogen) atoms. The van der Waals surface area contributed by atoms with Crippen molar-refractivity contribution in [3.8, 4) is 5.75 Å². The monoisotopic (exact) mass is 391 g/mol. The van der Waals surface area contributed by atoms with Crippen LogP contribution in [0.3, 0.4) is 0 Å². The third-order valence-electron chi connectivity index (χ3n) is 6.54. The highest BCUT2D eigenvalue weighted by molar-refractivity contribution is 5.81. The first kappa shape index (κ1) is 20.0. The summed E-state index contributed by atoms with van der Waals surface area (Å²) in [5.74, 6) is 1.68. The lowest BCUT2D eigenvalue weighted by Crippen LogP contribution is -2.45. The summed E-state index contributed by atoms with van der Waals surface area (Å²) < 4.78 is 6.18. The summed E-state index contributed by atoms with van der Waals surface area (Å²) >= 11 is 0. The predicted molar refractivity (Wildman–Crippen MR) is 117 cm³/mol. The number of carbonyl (C=O) groups excluding carboxylic acids is 1. The zero-order valence-corrected chi connectivity index (χ0v) is 17.6. The van der Waals surface area contributed by atoms with Gasteiger partial charge in [-0.3, -0.25) is 4.79 Å². The number of aryl methyl sites for hydroxylation is 2. The minimum atomic E-state index is -0.373. The van der Waals surface area contributed by atoms with Gasteiger partial charge in [0.2, 0.25) is 0 Å². The first-order chi connectivity index (χ1) is 14.2. The number of amides is 1. The van der Waals surface area contributed by atoms with Gasteiger partial charge in [0, 0.05) is 13.1 Å². The lowest BCUT2D eigenvalue weighted by molar-refractivity contribution is -0.140. The number of hydrogen-bond donors (Lipinski definition) is 0. The Morgan fingerprint density at radius 1 is 1.03 bits per heavy atom. The largest absolute Gasteiger partial charge is 0.481 e. The number of fused-ring (bicyclic) bond motifs is 1. The summed E-state index contributed by atoms with van der Waals surface area (Å²) in [6, 6.07) is 17.1. The first-order valence-corrected chi connectivity index (χ1v) is 11.3. The van der Waals surface area contributed by atoms with Gasteiger partial charge in [-0.2, -0.15) is 0 Å². The number of hydrogen-bond acceptors (Lipinski definition) is 2. The van der Waals surface area contributed by atoms with Gasteiger partial charge in [0.15, 0.2) is 6.10 Å².